The van der Waals surface area contributed by atoms with Gasteiger partial charge in [0.15, 0.2) is 0 Å². The van der Waals surface area contributed by atoms with Crippen molar-refractivity contribution in [3.8, 4) is 0 Å². The van der Waals surface area contributed by atoms with Gasteiger partial charge in [-0.3, -0.25) is 4.68 Å². The van der Waals surface area contributed by atoms with Gasteiger partial charge in [-0.25, -0.2) is 4.79 Å². The Morgan fingerprint density at radius 2 is 1.90 bits per heavy atom. The Hall–Kier alpha value is -2.30. The van der Waals surface area contributed by atoms with E-state index in [-0.39, 0.29) is 0 Å². The van der Waals surface area contributed by atoms with Gasteiger partial charge in [0.25, 0.3) is 0 Å². The Kier molecular flexibility index (Phi) is 3.41. The van der Waals surface area contributed by atoms with Crippen LogP contribution >= 0.6 is 0 Å². The number of carboxylic acids is 1. The molecule has 1 aliphatic rings. The van der Waals surface area contributed by atoms with Gasteiger partial charge in [0, 0.05) is 31.2 Å². The third-order valence-electron chi connectivity index (χ3n) is 3.84. The predicted molar refractivity (Wildman–Crippen MR) is 76.1 cm³/mol. The maximum absolute atomic E-state index is 10.8. The number of aromatic nitrogens is 2. The van der Waals surface area contributed by atoms with E-state index in [1.54, 1.807) is 12.1 Å². The Morgan fingerprint density at radius 3 is 2.45 bits per heavy atom. The van der Waals surface area contributed by atoms with Crippen molar-refractivity contribution < 1.29 is 9.90 Å². The van der Waals surface area contributed by atoms with Crippen LogP contribution < -0.4 is 4.90 Å². The highest BCUT2D eigenvalue weighted by Crippen LogP contribution is 2.26. The van der Waals surface area contributed by atoms with E-state index in [0.29, 0.717) is 11.6 Å². The fourth-order valence-corrected chi connectivity index (χ4v) is 2.70. The quantitative estimate of drug-likeness (QED) is 0.931. The van der Waals surface area contributed by atoms with Crippen molar-refractivity contribution in [2.24, 2.45) is 0 Å². The third-order valence-corrected chi connectivity index (χ3v) is 3.84. The van der Waals surface area contributed by atoms with E-state index in [4.69, 9.17) is 5.11 Å². The lowest BCUT2D eigenvalue weighted by Gasteiger charge is -2.33. The summed E-state index contributed by atoms with van der Waals surface area (Å²) in [6.45, 7) is 1.94. The number of benzene rings is 1. The van der Waals surface area contributed by atoms with Crippen LogP contribution in [-0.4, -0.2) is 33.9 Å². The smallest absolute Gasteiger partial charge is 0.335 e. The summed E-state index contributed by atoms with van der Waals surface area (Å²) in [5, 5.41) is 13.2. The first-order chi connectivity index (χ1) is 9.74. The summed E-state index contributed by atoms with van der Waals surface area (Å²) in [5.74, 6) is -0.881. The Labute approximate surface area is 117 Å². The maximum atomic E-state index is 10.8. The fourth-order valence-electron chi connectivity index (χ4n) is 2.70. The summed E-state index contributed by atoms with van der Waals surface area (Å²) in [4.78, 5) is 13.1. The van der Waals surface area contributed by atoms with E-state index in [1.165, 1.54) is 0 Å². The molecule has 2 heterocycles. The summed E-state index contributed by atoms with van der Waals surface area (Å²) in [6.07, 6.45) is 5.95. The van der Waals surface area contributed by atoms with Crippen LogP contribution in [-0.2, 0) is 0 Å². The molecule has 1 aromatic carbocycles. The first-order valence-electron chi connectivity index (χ1n) is 6.81. The van der Waals surface area contributed by atoms with Crippen LogP contribution in [0.15, 0.2) is 42.7 Å². The lowest BCUT2D eigenvalue weighted by atomic mass is 10.0. The largest absolute Gasteiger partial charge is 0.478 e. The standard InChI is InChI=1S/C15H17N3O2/c19-15(20)12-2-4-13(5-3-12)17-10-6-14(7-11-17)18-9-1-8-16-18/h1-5,8-9,14H,6-7,10-11H2,(H,19,20). The molecule has 0 radical (unpaired) electrons. The number of anilines is 1. The average molecular weight is 271 g/mol. The molecule has 20 heavy (non-hydrogen) atoms. The van der Waals surface area contributed by atoms with Gasteiger partial charge in [-0.05, 0) is 43.2 Å². The number of hydrogen-bond acceptors (Lipinski definition) is 3. The second-order valence-electron chi connectivity index (χ2n) is 5.06. The lowest BCUT2D eigenvalue weighted by Crippen LogP contribution is -2.34. The summed E-state index contributed by atoms with van der Waals surface area (Å²) >= 11 is 0. The van der Waals surface area contributed by atoms with Crippen LogP contribution in [0.5, 0.6) is 0 Å². The molecule has 5 nitrogen and oxygen atoms in total. The molecule has 1 fully saturated rings. The Bertz CT molecular complexity index is 570. The van der Waals surface area contributed by atoms with Crippen LogP contribution in [0.25, 0.3) is 0 Å². The van der Waals surface area contributed by atoms with Gasteiger partial charge in [0.2, 0.25) is 0 Å². The number of carbonyl (C=O) groups is 1. The lowest BCUT2D eigenvalue weighted by molar-refractivity contribution is 0.0697. The molecule has 0 bridgehead atoms. The van der Waals surface area contributed by atoms with E-state index < -0.39 is 5.97 Å². The molecule has 3 rings (SSSR count). The van der Waals surface area contributed by atoms with Crippen LogP contribution in [0.4, 0.5) is 5.69 Å². The molecular formula is C15H17N3O2. The first-order valence-corrected chi connectivity index (χ1v) is 6.81. The van der Waals surface area contributed by atoms with Gasteiger partial charge in [-0.1, -0.05) is 0 Å². The summed E-state index contributed by atoms with van der Waals surface area (Å²) in [5.41, 5.74) is 1.43. The molecule has 1 aliphatic heterocycles. The van der Waals surface area contributed by atoms with Crippen LogP contribution in [0, 0.1) is 0 Å². The minimum absolute atomic E-state index is 0.333. The normalized spacial score (nSPS) is 16.3. The van der Waals surface area contributed by atoms with E-state index in [0.717, 1.165) is 31.6 Å². The van der Waals surface area contributed by atoms with Crippen molar-refractivity contribution >= 4 is 11.7 Å². The molecule has 104 valence electrons. The minimum atomic E-state index is -0.881. The highest BCUT2D eigenvalue weighted by Gasteiger charge is 2.20. The van der Waals surface area contributed by atoms with Crippen molar-refractivity contribution in [2.45, 2.75) is 18.9 Å². The molecule has 0 amide bonds. The van der Waals surface area contributed by atoms with E-state index in [1.807, 2.05) is 35.3 Å². The maximum Gasteiger partial charge on any atom is 0.335 e. The number of rotatable bonds is 3. The molecule has 1 N–H and O–H groups in total. The second kappa shape index (κ2) is 5.36. The van der Waals surface area contributed by atoms with Gasteiger partial charge in [0.1, 0.15) is 0 Å². The van der Waals surface area contributed by atoms with Crippen LogP contribution in [0.1, 0.15) is 29.2 Å². The zero-order valence-electron chi connectivity index (χ0n) is 11.1. The zero-order chi connectivity index (χ0) is 13.9. The molecule has 0 atom stereocenters. The van der Waals surface area contributed by atoms with Crippen LogP contribution in [0.2, 0.25) is 0 Å². The number of piperidine rings is 1. The molecular weight excluding hydrogens is 254 g/mol. The van der Waals surface area contributed by atoms with Crippen molar-refractivity contribution in [1.82, 2.24) is 9.78 Å². The van der Waals surface area contributed by atoms with E-state index >= 15 is 0 Å². The molecule has 2 aromatic rings. The number of nitrogens with zero attached hydrogens (tertiary/aromatic N) is 3. The molecule has 5 heteroatoms. The molecule has 0 spiro atoms. The SMILES string of the molecule is O=C(O)c1ccc(N2CCC(n3cccn3)CC2)cc1. The van der Waals surface area contributed by atoms with Crippen molar-refractivity contribution in [3.63, 3.8) is 0 Å². The average Bonchev–Trinajstić information content (AvgIpc) is 3.02. The van der Waals surface area contributed by atoms with Gasteiger partial charge in [0.05, 0.1) is 11.6 Å². The number of hydrogen-bond donors (Lipinski definition) is 1. The molecule has 0 unspecified atom stereocenters. The van der Waals surface area contributed by atoms with Gasteiger partial charge in [-0.15, -0.1) is 0 Å². The second-order valence-corrected chi connectivity index (χ2v) is 5.06. The molecule has 0 saturated carbocycles. The summed E-state index contributed by atoms with van der Waals surface area (Å²) in [7, 11) is 0. The zero-order valence-corrected chi connectivity index (χ0v) is 11.1. The van der Waals surface area contributed by atoms with E-state index in [9.17, 15) is 4.79 Å². The Morgan fingerprint density at radius 1 is 1.20 bits per heavy atom. The van der Waals surface area contributed by atoms with Crippen molar-refractivity contribution in [3.05, 3.63) is 48.3 Å². The van der Waals surface area contributed by atoms with E-state index in [2.05, 4.69) is 10.00 Å². The summed E-state index contributed by atoms with van der Waals surface area (Å²) < 4.78 is 2.03. The van der Waals surface area contributed by atoms with Gasteiger partial charge >= 0.3 is 5.97 Å². The molecule has 1 aromatic heterocycles. The summed E-state index contributed by atoms with van der Waals surface area (Å²) in [6, 6.07) is 9.53. The number of carboxylic acid groups (broad SMARTS) is 1. The van der Waals surface area contributed by atoms with Crippen molar-refractivity contribution in [2.75, 3.05) is 18.0 Å². The first kappa shape index (κ1) is 12.7. The predicted octanol–water partition coefficient (Wildman–Crippen LogP) is 2.42. The highest BCUT2D eigenvalue weighted by atomic mass is 16.4. The van der Waals surface area contributed by atoms with Gasteiger partial charge in [-0.2, -0.15) is 5.10 Å². The monoisotopic (exact) mass is 271 g/mol. The minimum Gasteiger partial charge on any atom is -0.478 e. The van der Waals surface area contributed by atoms with Crippen LogP contribution in [0.3, 0.4) is 0 Å². The Balaban J connectivity index is 1.64. The van der Waals surface area contributed by atoms with Gasteiger partial charge < -0.3 is 10.0 Å². The molecule has 0 aliphatic carbocycles. The number of aromatic carboxylic acids is 1. The third kappa shape index (κ3) is 2.52. The highest BCUT2D eigenvalue weighted by molar-refractivity contribution is 5.88. The molecule has 1 saturated heterocycles. The fraction of sp³-hybridized carbons (Fsp3) is 0.333. The topological polar surface area (TPSA) is 58.4 Å². The van der Waals surface area contributed by atoms with Crippen molar-refractivity contribution in [1.29, 1.82) is 0 Å².